The zero-order chi connectivity index (χ0) is 13.1. The Hall–Kier alpha value is -1.82. The van der Waals surface area contributed by atoms with Gasteiger partial charge in [-0.1, -0.05) is 18.2 Å². The summed E-state index contributed by atoms with van der Waals surface area (Å²) in [6.07, 6.45) is 2.63. The first-order chi connectivity index (χ1) is 9.38. The maximum Gasteiger partial charge on any atom is 0.0795 e. The number of para-hydroxylation sites is 1. The number of nitrogens with one attached hydrogen (secondary N) is 1. The molecule has 0 radical (unpaired) electrons. The Morgan fingerprint density at radius 1 is 1.21 bits per heavy atom. The molecule has 0 amide bonds. The van der Waals surface area contributed by atoms with Gasteiger partial charge in [-0.25, -0.2) is 4.98 Å². The normalized spacial score (nSPS) is 12.7. The highest BCUT2D eigenvalue weighted by molar-refractivity contribution is 7.07. The number of rotatable bonds is 4. The number of hydrogen-bond donors (Lipinski definition) is 2. The second-order valence-corrected chi connectivity index (χ2v) is 5.04. The molecule has 0 aliphatic carbocycles. The van der Waals surface area contributed by atoms with Gasteiger partial charge < -0.3 is 0 Å². The van der Waals surface area contributed by atoms with Crippen LogP contribution in [0.3, 0.4) is 0 Å². The fraction of sp³-hybridized carbons (Fsp3) is 0.143. The van der Waals surface area contributed by atoms with Gasteiger partial charge in [0.1, 0.15) is 0 Å². The minimum atomic E-state index is 0.0251. The van der Waals surface area contributed by atoms with Crippen molar-refractivity contribution < 1.29 is 0 Å². The van der Waals surface area contributed by atoms with Gasteiger partial charge in [-0.05, 0) is 24.1 Å². The Morgan fingerprint density at radius 3 is 2.89 bits per heavy atom. The molecule has 0 fully saturated rings. The first-order valence-corrected chi connectivity index (χ1v) is 6.99. The van der Waals surface area contributed by atoms with Crippen LogP contribution in [0.25, 0.3) is 10.9 Å². The lowest BCUT2D eigenvalue weighted by molar-refractivity contribution is 0.542. The van der Waals surface area contributed by atoms with Gasteiger partial charge in [0.05, 0.1) is 22.8 Å². The molecule has 96 valence electrons. The van der Waals surface area contributed by atoms with E-state index in [4.69, 9.17) is 5.84 Å². The van der Waals surface area contributed by atoms with Crippen LogP contribution in [0.2, 0.25) is 0 Å². The van der Waals surface area contributed by atoms with E-state index in [2.05, 4.69) is 21.5 Å². The quantitative estimate of drug-likeness (QED) is 0.564. The maximum absolute atomic E-state index is 5.65. The van der Waals surface area contributed by atoms with E-state index in [1.165, 1.54) is 10.9 Å². The van der Waals surface area contributed by atoms with Gasteiger partial charge in [0.2, 0.25) is 0 Å². The molecule has 0 bridgehead atoms. The lowest BCUT2D eigenvalue weighted by Crippen LogP contribution is -2.29. The van der Waals surface area contributed by atoms with Gasteiger partial charge in [-0.2, -0.15) is 0 Å². The van der Waals surface area contributed by atoms with Crippen LogP contribution < -0.4 is 11.3 Å². The fourth-order valence-corrected chi connectivity index (χ4v) is 2.80. The van der Waals surface area contributed by atoms with Crippen LogP contribution in [0, 0.1) is 0 Å². The third kappa shape index (κ3) is 2.49. The molecular weight excluding hydrogens is 256 g/mol. The number of aromatic nitrogens is 2. The molecule has 0 saturated heterocycles. The average molecular weight is 270 g/mol. The number of hydrogen-bond acceptors (Lipinski definition) is 5. The Morgan fingerprint density at radius 2 is 2.11 bits per heavy atom. The Balaban J connectivity index is 1.96. The van der Waals surface area contributed by atoms with Crippen molar-refractivity contribution in [2.24, 2.45) is 5.84 Å². The van der Waals surface area contributed by atoms with Crippen LogP contribution in [-0.2, 0) is 6.42 Å². The van der Waals surface area contributed by atoms with Crippen molar-refractivity contribution in [3.63, 3.8) is 0 Å². The van der Waals surface area contributed by atoms with Crippen molar-refractivity contribution in [3.8, 4) is 0 Å². The minimum Gasteiger partial charge on any atom is -0.271 e. The second kappa shape index (κ2) is 5.44. The van der Waals surface area contributed by atoms with E-state index in [1.807, 2.05) is 41.4 Å². The molecule has 4 nitrogen and oxygen atoms in total. The lowest BCUT2D eigenvalue weighted by Gasteiger charge is -2.14. The van der Waals surface area contributed by atoms with Crippen LogP contribution >= 0.6 is 11.3 Å². The van der Waals surface area contributed by atoms with Crippen molar-refractivity contribution in [1.29, 1.82) is 0 Å². The fourth-order valence-electron chi connectivity index (χ4n) is 2.20. The highest BCUT2D eigenvalue weighted by Crippen LogP contribution is 2.22. The van der Waals surface area contributed by atoms with Crippen LogP contribution in [0.15, 0.2) is 47.4 Å². The summed E-state index contributed by atoms with van der Waals surface area (Å²) in [6, 6.07) is 10.2. The minimum absolute atomic E-state index is 0.0251. The summed E-state index contributed by atoms with van der Waals surface area (Å²) in [6.45, 7) is 0. The summed E-state index contributed by atoms with van der Waals surface area (Å²) in [5, 5.41) is 3.19. The van der Waals surface area contributed by atoms with Crippen LogP contribution in [0.5, 0.6) is 0 Å². The summed E-state index contributed by atoms with van der Waals surface area (Å²) >= 11 is 1.58. The van der Waals surface area contributed by atoms with Crippen molar-refractivity contribution in [2.45, 2.75) is 12.5 Å². The molecule has 2 heterocycles. The summed E-state index contributed by atoms with van der Waals surface area (Å²) < 4.78 is 0. The van der Waals surface area contributed by atoms with E-state index in [9.17, 15) is 0 Å². The Labute approximate surface area is 115 Å². The SMILES string of the molecule is NNC(Cc1ccnc2ccccc12)c1cscn1. The molecule has 3 aromatic rings. The first kappa shape index (κ1) is 12.2. The van der Waals surface area contributed by atoms with Gasteiger partial charge in [0.25, 0.3) is 0 Å². The molecule has 5 heteroatoms. The summed E-state index contributed by atoms with van der Waals surface area (Å²) in [5.74, 6) is 5.65. The van der Waals surface area contributed by atoms with Gasteiger partial charge in [-0.15, -0.1) is 11.3 Å². The van der Waals surface area contributed by atoms with E-state index < -0.39 is 0 Å². The molecule has 2 aromatic heterocycles. The van der Waals surface area contributed by atoms with E-state index >= 15 is 0 Å². The molecule has 0 saturated carbocycles. The standard InChI is InChI=1S/C14H14N4S/c15-18-13(14-8-19-9-17-14)7-10-5-6-16-12-4-2-1-3-11(10)12/h1-6,8-9,13,18H,7,15H2. The maximum atomic E-state index is 5.65. The molecule has 0 spiro atoms. The zero-order valence-corrected chi connectivity index (χ0v) is 11.1. The molecular formula is C14H14N4S. The zero-order valence-electron chi connectivity index (χ0n) is 10.3. The van der Waals surface area contributed by atoms with Crippen molar-refractivity contribution in [2.75, 3.05) is 0 Å². The Bertz CT molecular complexity index is 661. The average Bonchev–Trinajstić information content (AvgIpc) is 2.99. The second-order valence-electron chi connectivity index (χ2n) is 4.32. The van der Waals surface area contributed by atoms with Gasteiger partial charge in [0, 0.05) is 17.0 Å². The molecule has 1 atom stereocenters. The molecule has 3 rings (SSSR count). The molecule has 0 aliphatic heterocycles. The topological polar surface area (TPSA) is 63.8 Å². The molecule has 0 aliphatic rings. The highest BCUT2D eigenvalue weighted by Gasteiger charge is 2.14. The number of thiazole rings is 1. The third-order valence-electron chi connectivity index (χ3n) is 3.17. The smallest absolute Gasteiger partial charge is 0.0795 e. The number of nitrogens with two attached hydrogens (primary N) is 1. The van der Waals surface area contributed by atoms with E-state index in [0.717, 1.165) is 17.6 Å². The molecule has 1 unspecified atom stereocenters. The van der Waals surface area contributed by atoms with E-state index in [0.29, 0.717) is 0 Å². The Kier molecular flexibility index (Phi) is 3.50. The predicted octanol–water partition coefficient (Wildman–Crippen LogP) is 2.44. The number of pyridine rings is 1. The first-order valence-electron chi connectivity index (χ1n) is 6.05. The van der Waals surface area contributed by atoms with Crippen molar-refractivity contribution >= 4 is 22.2 Å². The third-order valence-corrected chi connectivity index (χ3v) is 3.78. The van der Waals surface area contributed by atoms with Gasteiger partial charge in [-0.3, -0.25) is 16.3 Å². The highest BCUT2D eigenvalue weighted by atomic mass is 32.1. The molecule has 3 N–H and O–H groups in total. The van der Waals surface area contributed by atoms with Crippen LogP contribution in [0.4, 0.5) is 0 Å². The number of hydrazine groups is 1. The van der Waals surface area contributed by atoms with Crippen molar-refractivity contribution in [3.05, 3.63) is 58.7 Å². The van der Waals surface area contributed by atoms with Crippen LogP contribution in [0.1, 0.15) is 17.3 Å². The van der Waals surface area contributed by atoms with Gasteiger partial charge >= 0.3 is 0 Å². The largest absolute Gasteiger partial charge is 0.271 e. The monoisotopic (exact) mass is 270 g/mol. The summed E-state index contributed by atoms with van der Waals surface area (Å²) in [4.78, 5) is 8.70. The number of nitrogens with zero attached hydrogens (tertiary/aromatic N) is 2. The number of benzene rings is 1. The predicted molar refractivity (Wildman–Crippen MR) is 77.6 cm³/mol. The van der Waals surface area contributed by atoms with E-state index in [1.54, 1.807) is 11.3 Å². The summed E-state index contributed by atoms with van der Waals surface area (Å²) in [5.41, 5.74) is 7.88. The lowest BCUT2D eigenvalue weighted by atomic mass is 10.0. The van der Waals surface area contributed by atoms with E-state index in [-0.39, 0.29) is 6.04 Å². The van der Waals surface area contributed by atoms with Crippen LogP contribution in [-0.4, -0.2) is 9.97 Å². The molecule has 1 aromatic carbocycles. The van der Waals surface area contributed by atoms with Gasteiger partial charge in [0.15, 0.2) is 0 Å². The summed E-state index contributed by atoms with van der Waals surface area (Å²) in [7, 11) is 0. The number of fused-ring (bicyclic) bond motifs is 1. The van der Waals surface area contributed by atoms with Crippen molar-refractivity contribution in [1.82, 2.24) is 15.4 Å². The molecule has 19 heavy (non-hydrogen) atoms.